The van der Waals surface area contributed by atoms with Crippen molar-refractivity contribution < 1.29 is 0 Å². The Morgan fingerprint density at radius 3 is 2.78 bits per heavy atom. The predicted molar refractivity (Wildman–Crippen MR) is 103 cm³/mol. The number of allylic oxidation sites excluding steroid dienone is 1. The van der Waals surface area contributed by atoms with E-state index in [1.54, 1.807) is 11.3 Å². The Kier molecular flexibility index (Phi) is 8.31. The number of nitrogens with zero attached hydrogens (tertiary/aromatic N) is 3. The van der Waals surface area contributed by atoms with Crippen LogP contribution in [0.25, 0.3) is 0 Å². The Balaban J connectivity index is 2.56. The molecule has 0 saturated carbocycles. The van der Waals surface area contributed by atoms with E-state index in [1.165, 1.54) is 10.7 Å². The average molecular weight is 337 g/mol. The summed E-state index contributed by atoms with van der Waals surface area (Å²) in [5, 5.41) is 6.70. The fourth-order valence-electron chi connectivity index (χ4n) is 2.08. The molecule has 0 aliphatic heterocycles. The quantitative estimate of drug-likeness (QED) is 0.339. The number of unbranched alkanes of at least 4 members (excludes halogenated alkanes) is 1. The van der Waals surface area contributed by atoms with Crippen molar-refractivity contribution in [2.75, 3.05) is 26.7 Å². The summed E-state index contributed by atoms with van der Waals surface area (Å²) in [5.74, 6) is 0.976. The van der Waals surface area contributed by atoms with Crippen molar-refractivity contribution in [3.05, 3.63) is 28.7 Å². The lowest BCUT2D eigenvalue weighted by Gasteiger charge is -2.21. The summed E-state index contributed by atoms with van der Waals surface area (Å²) in [7, 11) is 2.09. The lowest BCUT2D eigenvalue weighted by atomic mass is 9.93. The van der Waals surface area contributed by atoms with Gasteiger partial charge in [0.25, 0.3) is 0 Å². The van der Waals surface area contributed by atoms with Crippen molar-refractivity contribution in [3.8, 4) is 0 Å². The van der Waals surface area contributed by atoms with Crippen LogP contribution in [0.5, 0.6) is 0 Å². The predicted octanol–water partition coefficient (Wildman–Crippen LogP) is 3.85. The molecule has 0 amide bonds. The first-order valence-corrected chi connectivity index (χ1v) is 9.31. The second-order valence-electron chi connectivity index (χ2n) is 6.71. The van der Waals surface area contributed by atoms with E-state index in [0.29, 0.717) is 0 Å². The number of rotatable bonds is 8. The zero-order valence-electron chi connectivity index (χ0n) is 15.4. The van der Waals surface area contributed by atoms with Crippen molar-refractivity contribution in [1.29, 1.82) is 0 Å². The van der Waals surface area contributed by atoms with E-state index in [2.05, 4.69) is 56.9 Å². The van der Waals surface area contributed by atoms with Crippen LogP contribution in [0.3, 0.4) is 0 Å². The molecule has 0 spiro atoms. The Labute approximate surface area is 145 Å². The van der Waals surface area contributed by atoms with E-state index in [4.69, 9.17) is 9.98 Å². The number of nitrogens with one attached hydrogen (secondary N) is 1. The minimum atomic E-state index is 0.123. The van der Waals surface area contributed by atoms with E-state index in [1.807, 2.05) is 6.08 Å². The highest BCUT2D eigenvalue weighted by Crippen LogP contribution is 2.23. The first kappa shape index (κ1) is 19.7. The zero-order valence-corrected chi connectivity index (χ0v) is 16.2. The van der Waals surface area contributed by atoms with Gasteiger partial charge in [0.2, 0.25) is 0 Å². The first-order valence-electron chi connectivity index (χ1n) is 8.43. The smallest absolute Gasteiger partial charge is 0.193 e. The third-order valence-corrected chi connectivity index (χ3v) is 4.41. The van der Waals surface area contributed by atoms with Crippen LogP contribution in [0.2, 0.25) is 0 Å². The molecular formula is C18H32N4S. The van der Waals surface area contributed by atoms with Crippen LogP contribution in [0.1, 0.15) is 51.2 Å². The number of aliphatic imine (C=N–C) groups is 1. The van der Waals surface area contributed by atoms with E-state index < -0.39 is 0 Å². The van der Waals surface area contributed by atoms with Crippen molar-refractivity contribution in [2.45, 2.75) is 52.4 Å². The number of aromatic nitrogens is 1. The molecular weight excluding hydrogens is 304 g/mol. The fraction of sp³-hybridized carbons (Fsp3) is 0.667. The number of hydrogen-bond acceptors (Lipinski definition) is 3. The van der Waals surface area contributed by atoms with Gasteiger partial charge in [0.1, 0.15) is 0 Å². The van der Waals surface area contributed by atoms with Gasteiger partial charge in [0.05, 0.1) is 10.7 Å². The van der Waals surface area contributed by atoms with Gasteiger partial charge in [-0.25, -0.2) is 4.98 Å². The van der Waals surface area contributed by atoms with E-state index >= 15 is 0 Å². The molecule has 1 aromatic heterocycles. The summed E-state index contributed by atoms with van der Waals surface area (Å²) >= 11 is 1.74. The van der Waals surface area contributed by atoms with Gasteiger partial charge in [-0.05, 0) is 19.8 Å². The molecule has 1 heterocycles. The molecule has 0 atom stereocenters. The molecule has 1 aromatic rings. The van der Waals surface area contributed by atoms with Crippen molar-refractivity contribution in [2.24, 2.45) is 4.99 Å². The highest BCUT2D eigenvalue weighted by Gasteiger charge is 2.17. The number of guanidine groups is 1. The van der Waals surface area contributed by atoms with Gasteiger partial charge in [-0.15, -0.1) is 17.9 Å². The van der Waals surface area contributed by atoms with E-state index in [0.717, 1.165) is 44.9 Å². The van der Waals surface area contributed by atoms with E-state index in [-0.39, 0.29) is 5.41 Å². The second kappa shape index (κ2) is 9.71. The van der Waals surface area contributed by atoms with Gasteiger partial charge < -0.3 is 10.2 Å². The molecule has 23 heavy (non-hydrogen) atoms. The molecule has 0 fully saturated rings. The molecule has 4 nitrogen and oxygen atoms in total. The molecule has 0 saturated heterocycles. The van der Waals surface area contributed by atoms with Crippen LogP contribution in [0.4, 0.5) is 0 Å². The lowest BCUT2D eigenvalue weighted by Crippen LogP contribution is -2.39. The van der Waals surface area contributed by atoms with Crippen molar-refractivity contribution in [3.63, 3.8) is 0 Å². The Morgan fingerprint density at radius 2 is 2.22 bits per heavy atom. The zero-order chi connectivity index (χ0) is 17.3. The number of hydrogen-bond donors (Lipinski definition) is 1. The minimum absolute atomic E-state index is 0.123. The highest BCUT2D eigenvalue weighted by molar-refractivity contribution is 7.09. The van der Waals surface area contributed by atoms with Crippen LogP contribution >= 0.6 is 11.3 Å². The maximum Gasteiger partial charge on any atom is 0.193 e. The van der Waals surface area contributed by atoms with Gasteiger partial charge in [0.15, 0.2) is 5.96 Å². The molecule has 1 N–H and O–H groups in total. The molecule has 0 aliphatic rings. The molecule has 5 heteroatoms. The van der Waals surface area contributed by atoms with Crippen molar-refractivity contribution in [1.82, 2.24) is 15.2 Å². The molecule has 0 aromatic carbocycles. The molecule has 0 radical (unpaired) electrons. The topological polar surface area (TPSA) is 40.5 Å². The van der Waals surface area contributed by atoms with Gasteiger partial charge in [-0.3, -0.25) is 4.99 Å². The van der Waals surface area contributed by atoms with Crippen LogP contribution < -0.4 is 5.32 Å². The molecule has 1 rings (SSSR count). The Hall–Kier alpha value is -1.36. The van der Waals surface area contributed by atoms with Crippen molar-refractivity contribution >= 4 is 17.3 Å². The minimum Gasteiger partial charge on any atom is -0.357 e. The van der Waals surface area contributed by atoms with Crippen LogP contribution in [0, 0.1) is 0 Å². The molecule has 0 aliphatic carbocycles. The molecule has 130 valence electrons. The SMILES string of the molecule is C=CCCCN(C)C(=NCCc1nc(C(C)(C)C)cs1)NCC. The van der Waals surface area contributed by atoms with Gasteiger partial charge >= 0.3 is 0 Å². The standard InChI is InChI=1S/C18H32N4S/c1-7-9-10-13-22(6)17(19-8-2)20-12-11-16-21-15(14-23-16)18(3,4)5/h7,14H,1,8-13H2,2-6H3,(H,19,20). The van der Waals surface area contributed by atoms with E-state index in [9.17, 15) is 0 Å². The summed E-state index contributed by atoms with van der Waals surface area (Å²) in [6, 6.07) is 0. The third-order valence-electron chi connectivity index (χ3n) is 3.51. The molecule has 0 unspecified atom stereocenters. The Bertz CT molecular complexity index is 499. The second-order valence-corrected chi connectivity index (χ2v) is 7.66. The van der Waals surface area contributed by atoms with Gasteiger partial charge in [-0.2, -0.15) is 0 Å². The summed E-state index contributed by atoms with van der Waals surface area (Å²) in [6.45, 7) is 15.1. The van der Waals surface area contributed by atoms with Crippen LogP contribution in [-0.4, -0.2) is 42.5 Å². The summed E-state index contributed by atoms with van der Waals surface area (Å²) in [4.78, 5) is 11.7. The largest absolute Gasteiger partial charge is 0.357 e. The third kappa shape index (κ3) is 7.16. The average Bonchev–Trinajstić information content (AvgIpc) is 2.95. The highest BCUT2D eigenvalue weighted by atomic mass is 32.1. The summed E-state index contributed by atoms with van der Waals surface area (Å²) < 4.78 is 0. The summed E-state index contributed by atoms with van der Waals surface area (Å²) in [5.41, 5.74) is 1.30. The Morgan fingerprint density at radius 1 is 1.48 bits per heavy atom. The lowest BCUT2D eigenvalue weighted by molar-refractivity contribution is 0.470. The fourth-order valence-corrected chi connectivity index (χ4v) is 3.09. The maximum atomic E-state index is 4.73. The van der Waals surface area contributed by atoms with Crippen LogP contribution in [-0.2, 0) is 11.8 Å². The summed E-state index contributed by atoms with van der Waals surface area (Å²) in [6.07, 6.45) is 5.01. The van der Waals surface area contributed by atoms with Crippen LogP contribution in [0.15, 0.2) is 23.0 Å². The van der Waals surface area contributed by atoms with Gasteiger partial charge in [0, 0.05) is 43.9 Å². The molecule has 0 bridgehead atoms. The number of thiazole rings is 1. The maximum absolute atomic E-state index is 4.73. The monoisotopic (exact) mass is 336 g/mol. The normalized spacial score (nSPS) is 12.3. The first-order chi connectivity index (χ1) is 10.9. The van der Waals surface area contributed by atoms with Gasteiger partial charge in [-0.1, -0.05) is 26.8 Å².